The van der Waals surface area contributed by atoms with E-state index in [1.165, 1.54) is 5.56 Å². The van der Waals surface area contributed by atoms with E-state index in [1.54, 1.807) is 19.1 Å². The summed E-state index contributed by atoms with van der Waals surface area (Å²) in [5.41, 5.74) is 2.77. The lowest BCUT2D eigenvalue weighted by molar-refractivity contribution is 0.353. The van der Waals surface area contributed by atoms with Gasteiger partial charge in [0.2, 0.25) is 21.7 Å². The van der Waals surface area contributed by atoms with Crippen molar-refractivity contribution in [3.05, 3.63) is 71.6 Å². The van der Waals surface area contributed by atoms with Gasteiger partial charge in [-0.1, -0.05) is 66.7 Å². The monoisotopic (exact) mass is 371 g/mol. The summed E-state index contributed by atoms with van der Waals surface area (Å²) in [5, 5.41) is 3.96. The smallest absolute Gasteiger partial charge is 0.244 e. The van der Waals surface area contributed by atoms with E-state index in [2.05, 4.69) is 21.8 Å². The van der Waals surface area contributed by atoms with Crippen LogP contribution in [0.5, 0.6) is 0 Å². The molecule has 2 aromatic carbocycles. The van der Waals surface area contributed by atoms with Crippen LogP contribution in [0.1, 0.15) is 36.9 Å². The molecule has 0 aliphatic carbocycles. The minimum absolute atomic E-state index is 0.0995. The lowest BCUT2D eigenvalue weighted by Gasteiger charge is -2.10. The average molecular weight is 371 g/mol. The van der Waals surface area contributed by atoms with Crippen LogP contribution in [0.2, 0.25) is 0 Å². The normalized spacial score (nSPS) is 12.8. The van der Waals surface area contributed by atoms with Crippen LogP contribution >= 0.6 is 0 Å². The summed E-state index contributed by atoms with van der Waals surface area (Å²) in [6, 6.07) is 16.3. The molecule has 3 rings (SSSR count). The minimum Gasteiger partial charge on any atom is -0.337 e. The largest absolute Gasteiger partial charge is 0.337 e. The highest BCUT2D eigenvalue weighted by molar-refractivity contribution is 7.88. The Morgan fingerprint density at radius 1 is 1.04 bits per heavy atom. The second-order valence-electron chi connectivity index (χ2n) is 6.09. The maximum atomic E-state index is 12.3. The minimum atomic E-state index is -3.52. The summed E-state index contributed by atoms with van der Waals surface area (Å²) < 4.78 is 32.5. The van der Waals surface area contributed by atoms with Crippen molar-refractivity contribution >= 4 is 10.0 Å². The van der Waals surface area contributed by atoms with Crippen LogP contribution in [0.4, 0.5) is 0 Å². The maximum absolute atomic E-state index is 12.3. The zero-order valence-electron chi connectivity index (χ0n) is 14.7. The number of rotatable bonds is 7. The first kappa shape index (κ1) is 18.3. The highest BCUT2D eigenvalue weighted by Crippen LogP contribution is 2.20. The number of nitrogens with one attached hydrogen (secondary N) is 1. The molecule has 1 aromatic heterocycles. The van der Waals surface area contributed by atoms with Crippen molar-refractivity contribution in [1.29, 1.82) is 0 Å². The number of hydrogen-bond acceptors (Lipinski definition) is 5. The van der Waals surface area contributed by atoms with Crippen molar-refractivity contribution in [2.24, 2.45) is 0 Å². The fourth-order valence-electron chi connectivity index (χ4n) is 2.57. The van der Waals surface area contributed by atoms with E-state index in [0.29, 0.717) is 5.82 Å². The topological polar surface area (TPSA) is 85.1 Å². The molecule has 6 nitrogen and oxygen atoms in total. The Labute approximate surface area is 153 Å². The quantitative estimate of drug-likeness (QED) is 0.687. The van der Waals surface area contributed by atoms with E-state index in [4.69, 9.17) is 4.52 Å². The van der Waals surface area contributed by atoms with Crippen LogP contribution < -0.4 is 4.72 Å². The van der Waals surface area contributed by atoms with Crippen molar-refractivity contribution in [1.82, 2.24) is 14.9 Å². The third-order valence-electron chi connectivity index (χ3n) is 3.99. The first-order chi connectivity index (χ1) is 12.5. The molecule has 0 saturated carbocycles. The molecule has 136 valence electrons. The molecule has 1 unspecified atom stereocenters. The number of sulfonamides is 1. The molecule has 7 heteroatoms. The summed E-state index contributed by atoms with van der Waals surface area (Å²) in [5.74, 6) is 0.574. The molecule has 1 N–H and O–H groups in total. The Kier molecular flexibility index (Phi) is 5.49. The van der Waals surface area contributed by atoms with E-state index in [0.717, 1.165) is 17.5 Å². The molecule has 0 radical (unpaired) electrons. The van der Waals surface area contributed by atoms with Crippen molar-refractivity contribution < 1.29 is 12.9 Å². The average Bonchev–Trinajstić information content (AvgIpc) is 3.12. The zero-order valence-corrected chi connectivity index (χ0v) is 15.5. The predicted molar refractivity (Wildman–Crippen MR) is 99.7 cm³/mol. The van der Waals surface area contributed by atoms with E-state index < -0.39 is 16.1 Å². The van der Waals surface area contributed by atoms with Gasteiger partial charge in [0, 0.05) is 5.56 Å². The number of aryl methyl sites for hydroxylation is 1. The lowest BCUT2D eigenvalue weighted by atomic mass is 10.1. The highest BCUT2D eigenvalue weighted by atomic mass is 32.2. The lowest BCUT2D eigenvalue weighted by Crippen LogP contribution is -2.28. The van der Waals surface area contributed by atoms with Crippen LogP contribution in [0.25, 0.3) is 11.4 Å². The van der Waals surface area contributed by atoms with Gasteiger partial charge >= 0.3 is 0 Å². The molecule has 0 bridgehead atoms. The van der Waals surface area contributed by atoms with Gasteiger partial charge < -0.3 is 4.52 Å². The SMILES string of the molecule is CCc1ccc(-c2noc(C(C)NS(=O)(=O)Cc3ccccc3)n2)cc1. The van der Waals surface area contributed by atoms with Gasteiger partial charge in [-0.15, -0.1) is 0 Å². The highest BCUT2D eigenvalue weighted by Gasteiger charge is 2.21. The van der Waals surface area contributed by atoms with Gasteiger partial charge in [0.15, 0.2) is 0 Å². The van der Waals surface area contributed by atoms with Gasteiger partial charge in [-0.2, -0.15) is 4.98 Å². The second-order valence-corrected chi connectivity index (χ2v) is 7.84. The molecule has 1 atom stereocenters. The third-order valence-corrected chi connectivity index (χ3v) is 5.41. The van der Waals surface area contributed by atoms with Gasteiger partial charge in [-0.3, -0.25) is 0 Å². The van der Waals surface area contributed by atoms with E-state index in [1.807, 2.05) is 42.5 Å². The molecular weight excluding hydrogens is 350 g/mol. The number of hydrogen-bond donors (Lipinski definition) is 1. The Morgan fingerprint density at radius 3 is 2.38 bits per heavy atom. The molecule has 0 saturated heterocycles. The Morgan fingerprint density at radius 2 is 1.73 bits per heavy atom. The predicted octanol–water partition coefficient (Wildman–Crippen LogP) is 3.48. The fourth-order valence-corrected chi connectivity index (χ4v) is 3.93. The van der Waals surface area contributed by atoms with Gasteiger partial charge in [0.05, 0.1) is 11.8 Å². The molecule has 26 heavy (non-hydrogen) atoms. The molecule has 0 amide bonds. The molecular formula is C19H21N3O3S. The second kappa shape index (κ2) is 7.80. The standard InChI is InChI=1S/C19H21N3O3S/c1-3-15-9-11-17(12-10-15)18-20-19(25-21-18)14(2)22-26(23,24)13-16-7-5-4-6-8-16/h4-12,14,22H,3,13H2,1-2H3. The first-order valence-corrected chi connectivity index (χ1v) is 10.1. The molecule has 1 heterocycles. The van der Waals surface area contributed by atoms with Crippen molar-refractivity contribution in [3.8, 4) is 11.4 Å². The van der Waals surface area contributed by atoms with Gasteiger partial charge in [0.25, 0.3) is 0 Å². The Balaban J connectivity index is 1.70. The summed E-state index contributed by atoms with van der Waals surface area (Å²) in [4.78, 5) is 4.32. The van der Waals surface area contributed by atoms with Crippen LogP contribution in [0.15, 0.2) is 59.1 Å². The summed E-state index contributed by atoms with van der Waals surface area (Å²) in [6.45, 7) is 3.77. The van der Waals surface area contributed by atoms with Gasteiger partial charge in [-0.05, 0) is 24.5 Å². The number of nitrogens with zero attached hydrogens (tertiary/aromatic N) is 2. The van der Waals surface area contributed by atoms with Crippen molar-refractivity contribution in [2.75, 3.05) is 0 Å². The van der Waals surface area contributed by atoms with Crippen molar-refractivity contribution in [3.63, 3.8) is 0 Å². The Bertz CT molecular complexity index is 951. The molecule has 3 aromatic rings. The number of benzene rings is 2. The van der Waals surface area contributed by atoms with Gasteiger partial charge in [0.1, 0.15) is 0 Å². The summed E-state index contributed by atoms with van der Waals surface area (Å²) >= 11 is 0. The van der Waals surface area contributed by atoms with Crippen LogP contribution in [0.3, 0.4) is 0 Å². The zero-order chi connectivity index (χ0) is 18.6. The van der Waals surface area contributed by atoms with Gasteiger partial charge in [-0.25, -0.2) is 13.1 Å². The third kappa shape index (κ3) is 4.56. The van der Waals surface area contributed by atoms with Crippen molar-refractivity contribution in [2.45, 2.75) is 32.1 Å². The molecule has 0 aliphatic heterocycles. The number of aromatic nitrogens is 2. The molecule has 0 fully saturated rings. The Hall–Kier alpha value is -2.51. The maximum Gasteiger partial charge on any atom is 0.244 e. The van der Waals surface area contributed by atoms with E-state index in [9.17, 15) is 8.42 Å². The molecule has 0 spiro atoms. The van der Waals surface area contributed by atoms with Crippen LogP contribution in [-0.4, -0.2) is 18.6 Å². The van der Waals surface area contributed by atoms with Crippen LogP contribution in [0, 0.1) is 0 Å². The molecule has 0 aliphatic rings. The van der Waals surface area contributed by atoms with E-state index >= 15 is 0 Å². The summed E-state index contributed by atoms with van der Waals surface area (Å²) in [6.07, 6.45) is 0.956. The fraction of sp³-hybridized carbons (Fsp3) is 0.263. The van der Waals surface area contributed by atoms with Crippen LogP contribution in [-0.2, 0) is 22.2 Å². The van der Waals surface area contributed by atoms with E-state index in [-0.39, 0.29) is 11.6 Å². The summed E-state index contributed by atoms with van der Waals surface area (Å²) in [7, 11) is -3.52. The first-order valence-electron chi connectivity index (χ1n) is 8.43.